The Hall–Kier alpha value is -1.46. The van der Waals surface area contributed by atoms with E-state index in [2.05, 4.69) is 10.4 Å². The molecule has 0 atom stereocenters. The lowest BCUT2D eigenvalue weighted by Crippen LogP contribution is -2.05. The van der Waals surface area contributed by atoms with Gasteiger partial charge >= 0.3 is 0 Å². The lowest BCUT2D eigenvalue weighted by Gasteiger charge is -1.94. The van der Waals surface area contributed by atoms with Crippen molar-refractivity contribution in [2.24, 2.45) is 5.84 Å². The average Bonchev–Trinajstić information content (AvgIpc) is 2.61. The first-order valence-corrected chi connectivity index (χ1v) is 5.22. The van der Waals surface area contributed by atoms with Crippen molar-refractivity contribution in [3.8, 4) is 10.6 Å². The molecule has 2 rings (SSSR count). The van der Waals surface area contributed by atoms with Crippen LogP contribution in [0.3, 0.4) is 0 Å². The van der Waals surface area contributed by atoms with Crippen LogP contribution in [0.15, 0.2) is 24.3 Å². The summed E-state index contributed by atoms with van der Waals surface area (Å²) in [5.41, 5.74) is 4.32. The van der Waals surface area contributed by atoms with Crippen molar-refractivity contribution in [3.05, 3.63) is 35.8 Å². The number of thiazole rings is 1. The van der Waals surface area contributed by atoms with Crippen molar-refractivity contribution in [2.45, 2.75) is 6.92 Å². The van der Waals surface area contributed by atoms with Crippen molar-refractivity contribution in [3.63, 3.8) is 0 Å². The summed E-state index contributed by atoms with van der Waals surface area (Å²) in [5.74, 6) is 5.08. The van der Waals surface area contributed by atoms with Gasteiger partial charge in [-0.25, -0.2) is 15.2 Å². The molecule has 1 aromatic carbocycles. The predicted molar refractivity (Wildman–Crippen MR) is 60.1 cm³/mol. The third kappa shape index (κ3) is 1.98. The molecule has 0 aliphatic carbocycles. The maximum absolute atomic E-state index is 12.7. The Morgan fingerprint density at radius 1 is 1.33 bits per heavy atom. The number of nitrogens with one attached hydrogen (secondary N) is 1. The average molecular weight is 223 g/mol. The molecule has 15 heavy (non-hydrogen) atoms. The standard InChI is InChI=1S/C10H10FN3S/c1-6-9(14-12)15-10(13-6)7-2-4-8(11)5-3-7/h2-5,14H,12H2,1H3. The summed E-state index contributed by atoms with van der Waals surface area (Å²) in [6, 6.07) is 6.24. The first-order chi connectivity index (χ1) is 7.20. The van der Waals surface area contributed by atoms with E-state index >= 15 is 0 Å². The number of hydrogen-bond donors (Lipinski definition) is 2. The third-order valence-electron chi connectivity index (χ3n) is 2.02. The van der Waals surface area contributed by atoms with Gasteiger partial charge in [-0.15, -0.1) is 0 Å². The van der Waals surface area contributed by atoms with E-state index in [0.717, 1.165) is 21.3 Å². The van der Waals surface area contributed by atoms with Crippen LogP contribution in [0.1, 0.15) is 5.69 Å². The summed E-state index contributed by atoms with van der Waals surface area (Å²) in [5, 5.41) is 1.66. The van der Waals surface area contributed by atoms with Crippen LogP contribution in [-0.2, 0) is 0 Å². The van der Waals surface area contributed by atoms with Crippen LogP contribution < -0.4 is 11.3 Å². The minimum Gasteiger partial charge on any atom is -0.314 e. The highest BCUT2D eigenvalue weighted by molar-refractivity contribution is 7.19. The van der Waals surface area contributed by atoms with E-state index in [1.807, 2.05) is 6.92 Å². The van der Waals surface area contributed by atoms with Crippen LogP contribution in [0.2, 0.25) is 0 Å². The van der Waals surface area contributed by atoms with E-state index in [4.69, 9.17) is 5.84 Å². The van der Waals surface area contributed by atoms with Crippen LogP contribution in [0.25, 0.3) is 10.6 Å². The van der Waals surface area contributed by atoms with Gasteiger partial charge in [-0.3, -0.25) is 0 Å². The fraction of sp³-hybridized carbons (Fsp3) is 0.100. The Kier molecular flexibility index (Phi) is 2.66. The molecular formula is C10H10FN3S. The number of benzene rings is 1. The van der Waals surface area contributed by atoms with Gasteiger partial charge in [-0.1, -0.05) is 11.3 Å². The molecule has 0 aliphatic heterocycles. The number of aryl methyl sites for hydroxylation is 1. The van der Waals surface area contributed by atoms with Crippen molar-refractivity contribution in [1.82, 2.24) is 4.98 Å². The third-order valence-corrected chi connectivity index (χ3v) is 3.16. The molecule has 1 heterocycles. The number of halogens is 1. The molecule has 0 saturated heterocycles. The van der Waals surface area contributed by atoms with Crippen LogP contribution in [-0.4, -0.2) is 4.98 Å². The summed E-state index contributed by atoms with van der Waals surface area (Å²) < 4.78 is 12.7. The van der Waals surface area contributed by atoms with E-state index in [9.17, 15) is 4.39 Å². The molecule has 3 N–H and O–H groups in total. The normalized spacial score (nSPS) is 10.3. The first-order valence-electron chi connectivity index (χ1n) is 4.40. The van der Waals surface area contributed by atoms with Gasteiger partial charge in [0.1, 0.15) is 15.8 Å². The maximum Gasteiger partial charge on any atom is 0.126 e. The van der Waals surface area contributed by atoms with Gasteiger partial charge in [0.05, 0.1) is 5.69 Å². The fourth-order valence-corrected chi connectivity index (χ4v) is 2.13. The van der Waals surface area contributed by atoms with Gasteiger partial charge in [-0.05, 0) is 31.2 Å². The lowest BCUT2D eigenvalue weighted by molar-refractivity contribution is 0.628. The fourth-order valence-electron chi connectivity index (χ4n) is 1.25. The topological polar surface area (TPSA) is 50.9 Å². The molecule has 0 saturated carbocycles. The molecule has 0 unspecified atom stereocenters. The van der Waals surface area contributed by atoms with Crippen LogP contribution in [0.5, 0.6) is 0 Å². The van der Waals surface area contributed by atoms with Gasteiger partial charge in [0.25, 0.3) is 0 Å². The second kappa shape index (κ2) is 3.96. The number of hydrogen-bond acceptors (Lipinski definition) is 4. The summed E-state index contributed by atoms with van der Waals surface area (Å²) in [6.45, 7) is 1.87. The second-order valence-electron chi connectivity index (χ2n) is 3.08. The SMILES string of the molecule is Cc1nc(-c2ccc(F)cc2)sc1NN. The van der Waals surface area contributed by atoms with Gasteiger partial charge in [-0.2, -0.15) is 0 Å². The van der Waals surface area contributed by atoms with Crippen molar-refractivity contribution in [1.29, 1.82) is 0 Å². The zero-order valence-corrected chi connectivity index (χ0v) is 8.94. The Labute approximate surface area is 90.7 Å². The molecule has 3 nitrogen and oxygen atoms in total. The van der Waals surface area contributed by atoms with E-state index in [1.54, 1.807) is 12.1 Å². The number of nitrogens with two attached hydrogens (primary N) is 1. The van der Waals surface area contributed by atoms with Gasteiger partial charge < -0.3 is 5.43 Å². The number of hydrazine groups is 1. The minimum absolute atomic E-state index is 0.246. The highest BCUT2D eigenvalue weighted by atomic mass is 32.1. The molecule has 78 valence electrons. The largest absolute Gasteiger partial charge is 0.314 e. The zero-order chi connectivity index (χ0) is 10.8. The number of aromatic nitrogens is 1. The highest BCUT2D eigenvalue weighted by Crippen LogP contribution is 2.30. The molecule has 0 aliphatic rings. The van der Waals surface area contributed by atoms with Gasteiger partial charge in [0.2, 0.25) is 0 Å². The molecule has 1 aromatic heterocycles. The van der Waals surface area contributed by atoms with E-state index < -0.39 is 0 Å². The smallest absolute Gasteiger partial charge is 0.126 e. The molecule has 0 spiro atoms. The zero-order valence-electron chi connectivity index (χ0n) is 8.12. The minimum atomic E-state index is -0.246. The quantitative estimate of drug-likeness (QED) is 0.607. The van der Waals surface area contributed by atoms with Gasteiger partial charge in [0.15, 0.2) is 0 Å². The predicted octanol–water partition coefficient (Wildman–Crippen LogP) is 2.54. The molecule has 0 bridgehead atoms. The summed E-state index contributed by atoms with van der Waals surface area (Å²) in [7, 11) is 0. The number of nitrogen functional groups attached to an aromatic ring is 1. The Bertz CT molecular complexity index is 464. The Morgan fingerprint density at radius 2 is 2.00 bits per heavy atom. The van der Waals surface area contributed by atoms with E-state index in [0.29, 0.717) is 0 Å². The van der Waals surface area contributed by atoms with Crippen LogP contribution in [0.4, 0.5) is 9.39 Å². The monoisotopic (exact) mass is 223 g/mol. The van der Waals surface area contributed by atoms with Crippen LogP contribution >= 0.6 is 11.3 Å². The Balaban J connectivity index is 2.41. The molecule has 2 aromatic rings. The number of anilines is 1. The summed E-state index contributed by atoms with van der Waals surface area (Å²) in [6.07, 6.45) is 0. The van der Waals surface area contributed by atoms with E-state index in [-0.39, 0.29) is 5.82 Å². The number of rotatable bonds is 2. The second-order valence-corrected chi connectivity index (χ2v) is 4.08. The number of nitrogens with zero attached hydrogens (tertiary/aromatic N) is 1. The lowest BCUT2D eigenvalue weighted by atomic mass is 10.2. The summed E-state index contributed by atoms with van der Waals surface area (Å²) in [4.78, 5) is 4.33. The maximum atomic E-state index is 12.7. The molecule has 0 radical (unpaired) electrons. The van der Waals surface area contributed by atoms with Crippen LogP contribution in [0, 0.1) is 12.7 Å². The van der Waals surface area contributed by atoms with Crippen molar-refractivity contribution < 1.29 is 4.39 Å². The van der Waals surface area contributed by atoms with Crippen molar-refractivity contribution >= 4 is 16.3 Å². The first kappa shape index (κ1) is 10.1. The molecule has 0 amide bonds. The van der Waals surface area contributed by atoms with E-state index in [1.165, 1.54) is 23.5 Å². The summed E-state index contributed by atoms with van der Waals surface area (Å²) >= 11 is 1.45. The highest BCUT2D eigenvalue weighted by Gasteiger charge is 2.07. The van der Waals surface area contributed by atoms with Gasteiger partial charge in [0, 0.05) is 5.56 Å². The molecular weight excluding hydrogens is 213 g/mol. The van der Waals surface area contributed by atoms with Crippen molar-refractivity contribution in [2.75, 3.05) is 5.43 Å². The molecule has 0 fully saturated rings. The Morgan fingerprint density at radius 3 is 2.53 bits per heavy atom. The molecule has 5 heteroatoms.